The number of nitrogens with two attached hydrogens (primary N) is 1. The van der Waals surface area contributed by atoms with Gasteiger partial charge in [0.15, 0.2) is 0 Å². The number of anilines is 1. The number of carbonyl (C=O) groups excluding carboxylic acids is 1. The van der Waals surface area contributed by atoms with Crippen molar-refractivity contribution in [3.8, 4) is 17.2 Å². The molecule has 3 aromatic carbocycles. The number of carbonyl (C=O) groups is 1. The summed E-state index contributed by atoms with van der Waals surface area (Å²) in [7, 11) is -4.30. The standard InChI is InChI=1S/C25H18ClN3O3S/c1-16-7-13-20(14-8-16)33(31,32)29-23(24(30)18-5-3-2-4-6-18)22(21(15-27)25(29)28)17-9-11-19(26)12-10-17/h2-14H,28H2,1H3. The number of hydrogen-bond donors (Lipinski definition) is 1. The first kappa shape index (κ1) is 22.3. The molecule has 0 amide bonds. The maximum Gasteiger partial charge on any atom is 0.270 e. The van der Waals surface area contributed by atoms with Gasteiger partial charge in [-0.2, -0.15) is 5.26 Å². The Kier molecular flexibility index (Phi) is 5.81. The highest BCUT2D eigenvalue weighted by molar-refractivity contribution is 7.90. The van der Waals surface area contributed by atoms with E-state index in [4.69, 9.17) is 17.3 Å². The van der Waals surface area contributed by atoms with Crippen LogP contribution in [0.1, 0.15) is 27.2 Å². The zero-order valence-electron chi connectivity index (χ0n) is 17.5. The molecule has 0 spiro atoms. The predicted octanol–water partition coefficient (Wildman–Crippen LogP) is 5.04. The molecule has 33 heavy (non-hydrogen) atoms. The lowest BCUT2D eigenvalue weighted by atomic mass is 9.97. The average molecular weight is 476 g/mol. The minimum absolute atomic E-state index is 0.0518. The lowest BCUT2D eigenvalue weighted by Crippen LogP contribution is -2.21. The summed E-state index contributed by atoms with van der Waals surface area (Å²) in [6.45, 7) is 1.83. The molecule has 1 heterocycles. The number of aryl methyl sites for hydroxylation is 1. The van der Waals surface area contributed by atoms with E-state index in [2.05, 4.69) is 0 Å². The summed E-state index contributed by atoms with van der Waals surface area (Å²) in [5.41, 5.74) is 7.63. The SMILES string of the molecule is Cc1ccc(S(=O)(=O)n2c(N)c(C#N)c(-c3ccc(Cl)cc3)c2C(=O)c2ccccc2)cc1. The molecule has 0 aliphatic heterocycles. The highest BCUT2D eigenvalue weighted by atomic mass is 35.5. The third-order valence-electron chi connectivity index (χ3n) is 5.22. The first-order chi connectivity index (χ1) is 15.8. The minimum Gasteiger partial charge on any atom is -0.383 e. The van der Waals surface area contributed by atoms with Gasteiger partial charge in [0.25, 0.3) is 10.0 Å². The van der Waals surface area contributed by atoms with Gasteiger partial charge >= 0.3 is 0 Å². The number of aromatic nitrogens is 1. The fraction of sp³-hybridized carbons (Fsp3) is 0.0400. The van der Waals surface area contributed by atoms with E-state index in [1.54, 1.807) is 66.7 Å². The van der Waals surface area contributed by atoms with Crippen molar-refractivity contribution in [2.24, 2.45) is 0 Å². The van der Waals surface area contributed by atoms with Gasteiger partial charge in [-0.25, -0.2) is 12.4 Å². The van der Waals surface area contributed by atoms with Gasteiger partial charge < -0.3 is 5.73 Å². The summed E-state index contributed by atoms with van der Waals surface area (Å²) >= 11 is 6.02. The average Bonchev–Trinajstić information content (AvgIpc) is 3.12. The molecule has 0 atom stereocenters. The van der Waals surface area contributed by atoms with Crippen LogP contribution in [0.5, 0.6) is 0 Å². The Balaban J connectivity index is 2.11. The van der Waals surface area contributed by atoms with Gasteiger partial charge in [-0.15, -0.1) is 0 Å². The smallest absolute Gasteiger partial charge is 0.270 e. The first-order valence-electron chi connectivity index (χ1n) is 9.88. The van der Waals surface area contributed by atoms with E-state index in [9.17, 15) is 18.5 Å². The molecule has 6 nitrogen and oxygen atoms in total. The van der Waals surface area contributed by atoms with Crippen LogP contribution in [0.4, 0.5) is 5.82 Å². The Bertz CT molecular complexity index is 1500. The second kappa shape index (κ2) is 8.58. The van der Waals surface area contributed by atoms with Crippen LogP contribution in [0.2, 0.25) is 5.02 Å². The molecule has 0 aliphatic rings. The van der Waals surface area contributed by atoms with Crippen LogP contribution in [0, 0.1) is 18.3 Å². The zero-order valence-corrected chi connectivity index (χ0v) is 19.1. The summed E-state index contributed by atoms with van der Waals surface area (Å²) in [6.07, 6.45) is 0. The quantitative estimate of drug-likeness (QED) is 0.407. The Hall–Kier alpha value is -3.86. The van der Waals surface area contributed by atoms with Gasteiger partial charge in [0.05, 0.1) is 4.90 Å². The summed E-state index contributed by atoms with van der Waals surface area (Å²) in [5.74, 6) is -0.910. The van der Waals surface area contributed by atoms with Gasteiger partial charge in [-0.3, -0.25) is 4.79 Å². The van der Waals surface area contributed by atoms with Crippen molar-refractivity contribution < 1.29 is 13.2 Å². The summed E-state index contributed by atoms with van der Waals surface area (Å²) < 4.78 is 28.2. The number of halogens is 1. The first-order valence-corrected chi connectivity index (χ1v) is 11.7. The second-order valence-corrected chi connectivity index (χ2v) is 9.60. The number of nitriles is 1. The molecule has 0 bridgehead atoms. The number of hydrogen-bond acceptors (Lipinski definition) is 5. The summed E-state index contributed by atoms with van der Waals surface area (Å²) in [4.78, 5) is 13.6. The molecule has 8 heteroatoms. The molecule has 0 saturated heterocycles. The van der Waals surface area contributed by atoms with Crippen molar-refractivity contribution in [1.29, 1.82) is 5.26 Å². The molecule has 4 rings (SSSR count). The molecule has 0 saturated carbocycles. The van der Waals surface area contributed by atoms with Gasteiger partial charge in [-0.05, 0) is 36.8 Å². The van der Waals surface area contributed by atoms with Crippen LogP contribution in [0.15, 0.2) is 83.8 Å². The van der Waals surface area contributed by atoms with Crippen molar-refractivity contribution in [3.63, 3.8) is 0 Å². The number of nitrogen functional groups attached to an aromatic ring is 1. The van der Waals surface area contributed by atoms with Crippen LogP contribution in [-0.4, -0.2) is 18.2 Å². The molecule has 2 N–H and O–H groups in total. The van der Waals surface area contributed by atoms with E-state index in [0.29, 0.717) is 10.6 Å². The maximum absolute atomic E-state index is 13.7. The third kappa shape index (κ3) is 3.91. The highest BCUT2D eigenvalue weighted by Crippen LogP contribution is 2.38. The normalized spacial score (nSPS) is 11.2. The van der Waals surface area contributed by atoms with Crippen molar-refractivity contribution in [3.05, 3.63) is 106 Å². The van der Waals surface area contributed by atoms with Crippen LogP contribution < -0.4 is 5.73 Å². The van der Waals surface area contributed by atoms with E-state index in [0.717, 1.165) is 9.54 Å². The summed E-state index contributed by atoms with van der Waals surface area (Å²) in [5, 5.41) is 10.4. The second-order valence-electron chi connectivity index (χ2n) is 7.38. The predicted molar refractivity (Wildman–Crippen MR) is 128 cm³/mol. The van der Waals surface area contributed by atoms with Crippen LogP contribution >= 0.6 is 11.6 Å². The van der Waals surface area contributed by atoms with Crippen LogP contribution in [0.3, 0.4) is 0 Å². The number of benzene rings is 3. The Morgan fingerprint density at radius 1 is 0.970 bits per heavy atom. The van der Waals surface area contributed by atoms with E-state index in [1.807, 2.05) is 13.0 Å². The van der Waals surface area contributed by atoms with E-state index in [-0.39, 0.29) is 33.1 Å². The lowest BCUT2D eigenvalue weighted by molar-refractivity contribution is 0.103. The summed E-state index contributed by atoms with van der Waals surface area (Å²) in [6, 6.07) is 22.8. The molecule has 1 aromatic heterocycles. The van der Waals surface area contributed by atoms with Gasteiger partial charge in [0.1, 0.15) is 23.1 Å². The largest absolute Gasteiger partial charge is 0.383 e. The third-order valence-corrected chi connectivity index (χ3v) is 7.20. The molecular formula is C25H18ClN3O3S. The lowest BCUT2D eigenvalue weighted by Gasteiger charge is -2.13. The molecule has 0 radical (unpaired) electrons. The Morgan fingerprint density at radius 3 is 2.15 bits per heavy atom. The highest BCUT2D eigenvalue weighted by Gasteiger charge is 2.34. The Labute approximate surface area is 196 Å². The Morgan fingerprint density at radius 2 is 1.58 bits per heavy atom. The van der Waals surface area contributed by atoms with Crippen LogP contribution in [0.25, 0.3) is 11.1 Å². The van der Waals surface area contributed by atoms with Gasteiger partial charge in [0.2, 0.25) is 5.78 Å². The van der Waals surface area contributed by atoms with Crippen LogP contribution in [-0.2, 0) is 10.0 Å². The van der Waals surface area contributed by atoms with E-state index >= 15 is 0 Å². The molecule has 4 aromatic rings. The van der Waals surface area contributed by atoms with Crippen molar-refractivity contribution >= 4 is 33.2 Å². The van der Waals surface area contributed by atoms with Crippen molar-refractivity contribution in [2.45, 2.75) is 11.8 Å². The van der Waals surface area contributed by atoms with Gasteiger partial charge in [0, 0.05) is 16.1 Å². The molecule has 0 unspecified atom stereocenters. The topological polar surface area (TPSA) is 106 Å². The van der Waals surface area contributed by atoms with Crippen molar-refractivity contribution in [1.82, 2.24) is 3.97 Å². The fourth-order valence-corrected chi connectivity index (χ4v) is 5.16. The number of ketones is 1. The molecular weight excluding hydrogens is 458 g/mol. The van der Waals surface area contributed by atoms with E-state index < -0.39 is 15.8 Å². The zero-order chi connectivity index (χ0) is 23.8. The maximum atomic E-state index is 13.7. The molecule has 164 valence electrons. The minimum atomic E-state index is -4.30. The van der Waals surface area contributed by atoms with Crippen molar-refractivity contribution in [2.75, 3.05) is 5.73 Å². The van der Waals surface area contributed by atoms with Gasteiger partial charge in [-0.1, -0.05) is 71.8 Å². The number of nitrogens with zero attached hydrogens (tertiary/aromatic N) is 2. The number of rotatable bonds is 5. The monoisotopic (exact) mass is 475 g/mol. The fourth-order valence-electron chi connectivity index (χ4n) is 3.58. The molecule has 0 aliphatic carbocycles. The molecule has 0 fully saturated rings. The van der Waals surface area contributed by atoms with E-state index in [1.165, 1.54) is 12.1 Å².